The average Bonchev–Trinajstić information content (AvgIpc) is 2.76. The Labute approximate surface area is 98.6 Å². The number of nitrogens with one attached hydrogen (secondary N) is 1. The Hall–Kier alpha value is -2.36. The van der Waals surface area contributed by atoms with Gasteiger partial charge in [-0.3, -0.25) is 4.79 Å². The predicted octanol–water partition coefficient (Wildman–Crippen LogP) is 2.01. The molecule has 17 heavy (non-hydrogen) atoms. The van der Waals surface area contributed by atoms with Gasteiger partial charge in [0.15, 0.2) is 0 Å². The summed E-state index contributed by atoms with van der Waals surface area (Å²) in [6.07, 6.45) is 2.77. The van der Waals surface area contributed by atoms with E-state index in [1.54, 1.807) is 19.1 Å². The number of allylic oxidation sites excluding steroid dienone is 1. The van der Waals surface area contributed by atoms with Gasteiger partial charge in [-0.2, -0.15) is 0 Å². The normalized spacial score (nSPS) is 16.6. The van der Waals surface area contributed by atoms with Crippen LogP contribution in [0.4, 0.5) is 5.69 Å². The highest BCUT2D eigenvalue weighted by Crippen LogP contribution is 2.16. The van der Waals surface area contributed by atoms with Crippen molar-refractivity contribution in [3.8, 4) is 0 Å². The van der Waals surface area contributed by atoms with Gasteiger partial charge in [0.2, 0.25) is 0 Å². The standard InChI is InChI=1S/C13H11NO3/c1-9(11-7-8-12(15)17-11)13(16)14-10-5-3-2-4-6-10/h2-8H,1H3,(H,14,16)/b11-9-. The van der Waals surface area contributed by atoms with Crippen LogP contribution in [-0.4, -0.2) is 11.9 Å². The van der Waals surface area contributed by atoms with Crippen LogP contribution in [0.5, 0.6) is 0 Å². The molecule has 1 N–H and O–H groups in total. The number of esters is 1. The van der Waals surface area contributed by atoms with Crippen LogP contribution < -0.4 is 5.32 Å². The van der Waals surface area contributed by atoms with Gasteiger partial charge in [0.05, 0.1) is 5.57 Å². The Balaban J connectivity index is 2.11. The van der Waals surface area contributed by atoms with Crippen LogP contribution in [0.15, 0.2) is 53.8 Å². The number of ether oxygens (including phenoxy) is 1. The number of hydrogen-bond donors (Lipinski definition) is 1. The quantitative estimate of drug-likeness (QED) is 0.623. The second-order valence-electron chi connectivity index (χ2n) is 3.56. The second kappa shape index (κ2) is 4.65. The number of amides is 1. The first-order valence-corrected chi connectivity index (χ1v) is 5.14. The largest absolute Gasteiger partial charge is 0.423 e. The van der Waals surface area contributed by atoms with Gasteiger partial charge in [0.1, 0.15) is 5.76 Å². The Morgan fingerprint density at radius 1 is 1.18 bits per heavy atom. The van der Waals surface area contributed by atoms with Gasteiger partial charge < -0.3 is 10.1 Å². The maximum absolute atomic E-state index is 11.8. The third-order valence-electron chi connectivity index (χ3n) is 2.32. The molecule has 4 nitrogen and oxygen atoms in total. The number of anilines is 1. The number of hydrogen-bond acceptors (Lipinski definition) is 3. The molecule has 0 saturated carbocycles. The summed E-state index contributed by atoms with van der Waals surface area (Å²) in [6.45, 7) is 1.61. The topological polar surface area (TPSA) is 55.4 Å². The van der Waals surface area contributed by atoms with Crippen molar-refractivity contribution >= 4 is 17.6 Å². The van der Waals surface area contributed by atoms with E-state index in [1.165, 1.54) is 12.2 Å². The van der Waals surface area contributed by atoms with E-state index in [-0.39, 0.29) is 5.91 Å². The van der Waals surface area contributed by atoms with E-state index in [2.05, 4.69) is 5.32 Å². The highest BCUT2D eigenvalue weighted by Gasteiger charge is 2.17. The third-order valence-corrected chi connectivity index (χ3v) is 2.32. The van der Waals surface area contributed by atoms with Gasteiger partial charge in [-0.1, -0.05) is 18.2 Å². The van der Waals surface area contributed by atoms with Crippen LogP contribution in [0.25, 0.3) is 0 Å². The summed E-state index contributed by atoms with van der Waals surface area (Å²) in [7, 11) is 0. The lowest BCUT2D eigenvalue weighted by Crippen LogP contribution is -2.14. The SMILES string of the molecule is C/C(C(=O)Nc1ccccc1)=C1\C=CC(=O)O1. The fourth-order valence-electron chi connectivity index (χ4n) is 1.38. The van der Waals surface area contributed by atoms with Crippen LogP contribution in [0.3, 0.4) is 0 Å². The molecule has 1 aliphatic rings. The smallest absolute Gasteiger partial charge is 0.336 e. The summed E-state index contributed by atoms with van der Waals surface area (Å²) in [6, 6.07) is 9.09. The maximum Gasteiger partial charge on any atom is 0.336 e. The Kier molecular flexibility index (Phi) is 3.05. The summed E-state index contributed by atoms with van der Waals surface area (Å²) in [5, 5.41) is 2.71. The number of carbonyl (C=O) groups is 2. The first-order chi connectivity index (χ1) is 8.16. The molecule has 1 aromatic carbocycles. The molecule has 0 aliphatic carbocycles. The van der Waals surface area contributed by atoms with Gasteiger partial charge in [-0.15, -0.1) is 0 Å². The van der Waals surface area contributed by atoms with Crippen molar-refractivity contribution < 1.29 is 14.3 Å². The van der Waals surface area contributed by atoms with Crippen LogP contribution in [-0.2, 0) is 14.3 Å². The number of carbonyl (C=O) groups excluding carboxylic acids is 2. The molecule has 0 bridgehead atoms. The molecule has 0 atom stereocenters. The molecule has 0 radical (unpaired) electrons. The summed E-state index contributed by atoms with van der Waals surface area (Å²) in [5.74, 6) is -0.444. The number of benzene rings is 1. The zero-order valence-corrected chi connectivity index (χ0v) is 9.27. The van der Waals surface area contributed by atoms with Crippen LogP contribution in [0.2, 0.25) is 0 Å². The Bertz CT molecular complexity index is 515. The van der Waals surface area contributed by atoms with E-state index in [1.807, 2.05) is 18.2 Å². The molecule has 4 heteroatoms. The van der Waals surface area contributed by atoms with Crippen molar-refractivity contribution in [2.24, 2.45) is 0 Å². The summed E-state index contributed by atoms with van der Waals surface area (Å²) < 4.78 is 4.85. The van der Waals surface area contributed by atoms with E-state index < -0.39 is 5.97 Å². The zero-order chi connectivity index (χ0) is 12.3. The molecule has 2 rings (SSSR count). The molecule has 0 fully saturated rings. The molecule has 86 valence electrons. The fourth-order valence-corrected chi connectivity index (χ4v) is 1.38. The minimum atomic E-state index is -0.452. The van der Waals surface area contributed by atoms with E-state index in [0.717, 1.165) is 0 Å². The highest BCUT2D eigenvalue weighted by molar-refractivity contribution is 6.04. The lowest BCUT2D eigenvalue weighted by Gasteiger charge is -2.06. The molecule has 0 unspecified atom stereocenters. The van der Waals surface area contributed by atoms with Crippen molar-refractivity contribution in [1.29, 1.82) is 0 Å². The fraction of sp³-hybridized carbons (Fsp3) is 0.0769. The van der Waals surface area contributed by atoms with Crippen molar-refractivity contribution in [3.05, 3.63) is 53.8 Å². The van der Waals surface area contributed by atoms with E-state index in [0.29, 0.717) is 17.0 Å². The Morgan fingerprint density at radius 3 is 2.47 bits per heavy atom. The van der Waals surface area contributed by atoms with Gasteiger partial charge in [0, 0.05) is 11.8 Å². The summed E-state index contributed by atoms with van der Waals surface area (Å²) in [4.78, 5) is 22.7. The molecule has 1 aromatic rings. The molecule has 0 aromatic heterocycles. The minimum absolute atomic E-state index is 0.287. The van der Waals surface area contributed by atoms with Crippen LogP contribution in [0.1, 0.15) is 6.92 Å². The lowest BCUT2D eigenvalue weighted by atomic mass is 10.2. The molecule has 1 amide bonds. The predicted molar refractivity (Wildman–Crippen MR) is 63.0 cm³/mol. The molecule has 1 heterocycles. The van der Waals surface area contributed by atoms with Crippen molar-refractivity contribution in [1.82, 2.24) is 0 Å². The van der Waals surface area contributed by atoms with Gasteiger partial charge in [-0.05, 0) is 25.1 Å². The summed E-state index contributed by atoms with van der Waals surface area (Å²) in [5.41, 5.74) is 1.07. The first-order valence-electron chi connectivity index (χ1n) is 5.14. The minimum Gasteiger partial charge on any atom is -0.423 e. The van der Waals surface area contributed by atoms with Crippen molar-refractivity contribution in [2.45, 2.75) is 6.92 Å². The second-order valence-corrected chi connectivity index (χ2v) is 3.56. The van der Waals surface area contributed by atoms with Crippen molar-refractivity contribution in [3.63, 3.8) is 0 Å². The monoisotopic (exact) mass is 229 g/mol. The molecular weight excluding hydrogens is 218 g/mol. The van der Waals surface area contributed by atoms with E-state index in [9.17, 15) is 9.59 Å². The van der Waals surface area contributed by atoms with E-state index in [4.69, 9.17) is 4.74 Å². The molecule has 1 aliphatic heterocycles. The first kappa shape index (κ1) is 11.1. The van der Waals surface area contributed by atoms with Crippen molar-refractivity contribution in [2.75, 3.05) is 5.32 Å². The number of para-hydroxylation sites is 1. The van der Waals surface area contributed by atoms with Crippen LogP contribution >= 0.6 is 0 Å². The van der Waals surface area contributed by atoms with Gasteiger partial charge in [-0.25, -0.2) is 4.79 Å². The van der Waals surface area contributed by atoms with E-state index >= 15 is 0 Å². The number of rotatable bonds is 2. The molecule has 0 spiro atoms. The van der Waals surface area contributed by atoms with Gasteiger partial charge in [0.25, 0.3) is 5.91 Å². The average molecular weight is 229 g/mol. The number of cyclic esters (lactones) is 1. The Morgan fingerprint density at radius 2 is 1.88 bits per heavy atom. The molecular formula is C13H11NO3. The third kappa shape index (κ3) is 2.60. The maximum atomic E-state index is 11.8. The van der Waals surface area contributed by atoms with Gasteiger partial charge >= 0.3 is 5.97 Å². The van der Waals surface area contributed by atoms with Crippen LogP contribution in [0, 0.1) is 0 Å². The lowest BCUT2D eigenvalue weighted by molar-refractivity contribution is -0.132. The zero-order valence-electron chi connectivity index (χ0n) is 9.27. The summed E-state index contributed by atoms with van der Waals surface area (Å²) >= 11 is 0. The molecule has 0 saturated heterocycles. The highest BCUT2D eigenvalue weighted by atomic mass is 16.5.